The second-order valence-electron chi connectivity index (χ2n) is 11.5. The minimum Gasteiger partial charge on any atom is -0.382 e. The van der Waals surface area contributed by atoms with Crippen molar-refractivity contribution in [1.82, 2.24) is 19.5 Å². The van der Waals surface area contributed by atoms with Crippen LogP contribution in [0.25, 0.3) is 11.2 Å². The van der Waals surface area contributed by atoms with E-state index in [1.807, 2.05) is 13.8 Å². The van der Waals surface area contributed by atoms with Crippen LogP contribution in [0.3, 0.4) is 0 Å². The van der Waals surface area contributed by atoms with Crippen molar-refractivity contribution in [3.8, 4) is 11.8 Å². The summed E-state index contributed by atoms with van der Waals surface area (Å²) >= 11 is 0. The summed E-state index contributed by atoms with van der Waals surface area (Å²) < 4.78 is 71.0. The van der Waals surface area contributed by atoms with Crippen LogP contribution in [0.1, 0.15) is 83.6 Å². The summed E-state index contributed by atoms with van der Waals surface area (Å²) in [6.45, 7) is 5.47. The molecule has 3 rings (SSSR count). The summed E-state index contributed by atoms with van der Waals surface area (Å²) in [5.74, 6) is 2.67. The number of nitrogens with two attached hydrogens (primary N) is 1. The molecule has 2 atom stereocenters. The third kappa shape index (κ3) is 13.0. The quantitative estimate of drug-likeness (QED) is 0.0700. The van der Waals surface area contributed by atoms with Gasteiger partial charge in [0.2, 0.25) is 0 Å². The summed E-state index contributed by atoms with van der Waals surface area (Å²) in [5, 5.41) is 0. The van der Waals surface area contributed by atoms with Gasteiger partial charge in [0, 0.05) is 31.8 Å². The number of rotatable bonds is 21. The molecule has 0 saturated heterocycles. The smallest absolute Gasteiger partial charge is 0.353 e. The van der Waals surface area contributed by atoms with E-state index in [9.17, 15) is 22.6 Å². The zero-order valence-corrected chi connectivity index (χ0v) is 27.5. The molecule has 0 bridgehead atoms. The lowest BCUT2D eigenvalue weighted by Gasteiger charge is -2.23. The van der Waals surface area contributed by atoms with Gasteiger partial charge in [-0.05, 0) is 25.2 Å². The number of halogens is 3. The Bertz CT molecular complexity index is 1460. The van der Waals surface area contributed by atoms with Gasteiger partial charge in [0.05, 0.1) is 31.1 Å². The highest BCUT2D eigenvalue weighted by Gasteiger charge is 2.25. The van der Waals surface area contributed by atoms with Crippen molar-refractivity contribution in [2.75, 3.05) is 31.9 Å². The number of ether oxygens (including phenoxy) is 2. The highest BCUT2D eigenvalue weighted by atomic mass is 31.2. The van der Waals surface area contributed by atoms with Crippen molar-refractivity contribution in [3.63, 3.8) is 0 Å². The van der Waals surface area contributed by atoms with Crippen molar-refractivity contribution in [2.45, 2.75) is 90.7 Å². The molecule has 0 aliphatic rings. The SMILES string of the molecule is CC(C)[C@H](Cn1cnc2c(N)ncnc21)OCP(=O)(O)OCCCOCCCCCCCCCCC#Cc1c(F)cc(F)cc1F. The molecule has 0 aliphatic heterocycles. The molecule has 0 aliphatic carbocycles. The van der Waals surface area contributed by atoms with E-state index in [4.69, 9.17) is 19.7 Å². The number of anilines is 1. The standard InChI is InChI=1S/C32H45F3N5O5P/c1-24(2)29(20-40-22-39-30-31(36)37-21-38-32(30)40)44-23-46(41,42)45-17-13-16-43-15-12-10-8-6-4-3-5-7-9-11-14-26-27(34)18-25(33)19-28(26)35/h18-19,21-22,24,29H,3-10,12-13,15-17,20,23H2,1-2H3,(H,41,42)(H2,36,37,38)/t29-/m0/s1. The Morgan fingerprint density at radius 1 is 0.935 bits per heavy atom. The van der Waals surface area contributed by atoms with E-state index in [1.165, 1.54) is 6.33 Å². The molecule has 10 nitrogen and oxygen atoms in total. The van der Waals surface area contributed by atoms with Crippen LogP contribution in [0.2, 0.25) is 0 Å². The second kappa shape index (κ2) is 19.6. The number of unbranched alkanes of at least 4 members (excludes halogenated alkanes) is 8. The Morgan fingerprint density at radius 3 is 2.28 bits per heavy atom. The largest absolute Gasteiger partial charge is 0.382 e. The van der Waals surface area contributed by atoms with E-state index in [1.54, 1.807) is 10.9 Å². The predicted molar refractivity (Wildman–Crippen MR) is 170 cm³/mol. The number of hydrogen-bond donors (Lipinski definition) is 2. The maximum atomic E-state index is 13.6. The Morgan fingerprint density at radius 2 is 1.59 bits per heavy atom. The van der Waals surface area contributed by atoms with Crippen molar-refractivity contribution in [2.24, 2.45) is 5.92 Å². The second-order valence-corrected chi connectivity index (χ2v) is 13.3. The van der Waals surface area contributed by atoms with Gasteiger partial charge in [0.15, 0.2) is 11.5 Å². The topological polar surface area (TPSA) is 135 Å². The van der Waals surface area contributed by atoms with Crippen molar-refractivity contribution >= 4 is 24.6 Å². The van der Waals surface area contributed by atoms with Crippen molar-refractivity contribution in [3.05, 3.63) is 47.8 Å². The summed E-state index contributed by atoms with van der Waals surface area (Å²) in [4.78, 5) is 22.6. The van der Waals surface area contributed by atoms with Crippen LogP contribution in [0.4, 0.5) is 19.0 Å². The van der Waals surface area contributed by atoms with Gasteiger partial charge in [-0.1, -0.05) is 64.2 Å². The van der Waals surface area contributed by atoms with E-state index in [0.29, 0.717) is 55.9 Å². The van der Waals surface area contributed by atoms with Gasteiger partial charge in [0.1, 0.15) is 35.6 Å². The average Bonchev–Trinajstić information content (AvgIpc) is 3.41. The highest BCUT2D eigenvalue weighted by molar-refractivity contribution is 7.52. The zero-order chi connectivity index (χ0) is 33.4. The van der Waals surface area contributed by atoms with E-state index in [-0.39, 0.29) is 30.0 Å². The predicted octanol–water partition coefficient (Wildman–Crippen LogP) is 7.00. The van der Waals surface area contributed by atoms with Crippen molar-refractivity contribution in [1.29, 1.82) is 0 Å². The molecule has 1 aromatic carbocycles. The van der Waals surface area contributed by atoms with Gasteiger partial charge in [0.25, 0.3) is 0 Å². The van der Waals surface area contributed by atoms with Gasteiger partial charge >= 0.3 is 7.60 Å². The molecular formula is C32H45F3N5O5P. The minimum atomic E-state index is -3.93. The molecule has 3 aromatic rings. The maximum absolute atomic E-state index is 13.6. The first kappa shape index (κ1) is 37.4. The summed E-state index contributed by atoms with van der Waals surface area (Å²) in [5.41, 5.74) is 6.54. The van der Waals surface area contributed by atoms with Gasteiger partial charge in [-0.2, -0.15) is 0 Å². The van der Waals surface area contributed by atoms with Crippen LogP contribution in [-0.4, -0.2) is 56.7 Å². The summed E-state index contributed by atoms with van der Waals surface area (Å²) in [7, 11) is -3.93. The van der Waals surface area contributed by atoms with Gasteiger partial charge in [-0.25, -0.2) is 28.1 Å². The number of fused-ring (bicyclic) bond motifs is 1. The van der Waals surface area contributed by atoms with Crippen molar-refractivity contribution < 1.29 is 36.6 Å². The first-order valence-corrected chi connectivity index (χ1v) is 17.5. The fourth-order valence-corrected chi connectivity index (χ4v) is 5.54. The lowest BCUT2D eigenvalue weighted by molar-refractivity contribution is 0.0271. The van der Waals surface area contributed by atoms with Crippen LogP contribution in [-0.2, 0) is 25.1 Å². The summed E-state index contributed by atoms with van der Waals surface area (Å²) in [6.07, 6.45) is 11.5. The Balaban J connectivity index is 1.15. The van der Waals surface area contributed by atoms with Crippen LogP contribution in [0.5, 0.6) is 0 Å². The van der Waals surface area contributed by atoms with Crippen LogP contribution in [0, 0.1) is 35.2 Å². The Kier molecular flexibility index (Phi) is 16.0. The molecule has 2 aromatic heterocycles. The lowest BCUT2D eigenvalue weighted by Crippen LogP contribution is -2.26. The number of nitrogens with zero attached hydrogens (tertiary/aromatic N) is 4. The number of nitrogen functional groups attached to an aromatic ring is 1. The molecule has 0 spiro atoms. The molecule has 1 unspecified atom stereocenters. The molecule has 2 heterocycles. The molecule has 0 saturated carbocycles. The van der Waals surface area contributed by atoms with E-state index in [2.05, 4.69) is 26.8 Å². The van der Waals surface area contributed by atoms with Crippen LogP contribution >= 0.6 is 7.60 Å². The Labute approximate surface area is 268 Å². The molecule has 14 heteroatoms. The number of hydrogen-bond acceptors (Lipinski definition) is 8. The maximum Gasteiger partial charge on any atom is 0.353 e. The first-order valence-electron chi connectivity index (χ1n) is 15.8. The molecule has 0 amide bonds. The van der Waals surface area contributed by atoms with Gasteiger partial charge < -0.3 is 29.2 Å². The van der Waals surface area contributed by atoms with Crippen LogP contribution < -0.4 is 5.73 Å². The number of benzene rings is 1. The first-order chi connectivity index (χ1) is 22.1. The third-order valence-electron chi connectivity index (χ3n) is 7.29. The molecule has 3 N–H and O–H groups in total. The monoisotopic (exact) mass is 667 g/mol. The van der Waals surface area contributed by atoms with E-state index >= 15 is 0 Å². The zero-order valence-electron chi connectivity index (χ0n) is 26.6. The minimum absolute atomic E-state index is 0.0552. The number of imidazole rings is 1. The molecule has 254 valence electrons. The molecule has 0 radical (unpaired) electrons. The number of aromatic nitrogens is 4. The average molecular weight is 668 g/mol. The lowest BCUT2D eigenvalue weighted by atomic mass is 10.1. The fraction of sp³-hybridized carbons (Fsp3) is 0.594. The third-order valence-corrected chi connectivity index (χ3v) is 8.35. The summed E-state index contributed by atoms with van der Waals surface area (Å²) in [6, 6.07) is 1.27. The van der Waals surface area contributed by atoms with E-state index in [0.717, 1.165) is 51.4 Å². The van der Waals surface area contributed by atoms with Gasteiger partial charge in [-0.15, -0.1) is 0 Å². The fourth-order valence-electron chi connectivity index (χ4n) is 4.67. The molecule has 46 heavy (non-hydrogen) atoms. The highest BCUT2D eigenvalue weighted by Crippen LogP contribution is 2.42. The molecule has 0 fully saturated rings. The van der Waals surface area contributed by atoms with E-state index < -0.39 is 31.4 Å². The van der Waals surface area contributed by atoms with Gasteiger partial charge in [-0.3, -0.25) is 4.57 Å². The normalized spacial score (nSPS) is 13.5. The molecular weight excluding hydrogens is 622 g/mol. The Hall–Kier alpha value is -3.01. The van der Waals surface area contributed by atoms with Crippen LogP contribution in [0.15, 0.2) is 24.8 Å².